The Balaban J connectivity index is 1.77. The van der Waals surface area contributed by atoms with E-state index in [9.17, 15) is 14.4 Å². The quantitative estimate of drug-likeness (QED) is 0.645. The standard InChI is InChI=1S/C21H23NO7/c1-26-17-10-4-14(12-18(17)27-2)5-11-20(24)29-13-19(23)22-16-8-6-15(7-9-16)21(25)28-3/h4,6-10,12H,5,11,13H2,1-3H3,(H,22,23). The molecule has 2 aromatic rings. The maximum absolute atomic E-state index is 11.9. The van der Waals surface area contributed by atoms with Crippen molar-refractivity contribution >= 4 is 23.5 Å². The van der Waals surface area contributed by atoms with Crippen LogP contribution in [-0.4, -0.2) is 45.8 Å². The Labute approximate surface area is 168 Å². The normalized spacial score (nSPS) is 10.0. The molecule has 154 valence electrons. The van der Waals surface area contributed by atoms with Crippen molar-refractivity contribution in [2.75, 3.05) is 33.3 Å². The molecular weight excluding hydrogens is 378 g/mol. The monoisotopic (exact) mass is 401 g/mol. The summed E-state index contributed by atoms with van der Waals surface area (Å²) >= 11 is 0. The number of hydrogen-bond donors (Lipinski definition) is 1. The Kier molecular flexibility index (Phi) is 8.02. The highest BCUT2D eigenvalue weighted by Gasteiger charge is 2.11. The molecule has 0 heterocycles. The van der Waals surface area contributed by atoms with Crippen molar-refractivity contribution in [1.82, 2.24) is 0 Å². The minimum absolute atomic E-state index is 0.122. The molecule has 0 fully saturated rings. The minimum Gasteiger partial charge on any atom is -0.493 e. The Morgan fingerprint density at radius 2 is 1.59 bits per heavy atom. The maximum atomic E-state index is 11.9. The van der Waals surface area contributed by atoms with Crippen LogP contribution >= 0.6 is 0 Å². The lowest BCUT2D eigenvalue weighted by Gasteiger charge is -2.10. The van der Waals surface area contributed by atoms with Crippen molar-refractivity contribution in [1.29, 1.82) is 0 Å². The van der Waals surface area contributed by atoms with Gasteiger partial charge in [0.2, 0.25) is 0 Å². The van der Waals surface area contributed by atoms with Crippen molar-refractivity contribution < 1.29 is 33.3 Å². The van der Waals surface area contributed by atoms with Gasteiger partial charge in [0.1, 0.15) is 0 Å². The lowest BCUT2D eigenvalue weighted by molar-refractivity contribution is -0.147. The first kappa shape index (κ1) is 21.7. The highest BCUT2D eigenvalue weighted by atomic mass is 16.5. The molecule has 0 aliphatic rings. The van der Waals surface area contributed by atoms with E-state index >= 15 is 0 Å². The van der Waals surface area contributed by atoms with E-state index in [2.05, 4.69) is 10.1 Å². The zero-order chi connectivity index (χ0) is 21.2. The van der Waals surface area contributed by atoms with Crippen molar-refractivity contribution in [2.24, 2.45) is 0 Å². The van der Waals surface area contributed by atoms with Crippen LogP contribution in [0.15, 0.2) is 42.5 Å². The van der Waals surface area contributed by atoms with Gasteiger partial charge in [0.05, 0.1) is 26.9 Å². The number of carbonyl (C=O) groups is 3. The molecule has 8 heteroatoms. The Morgan fingerprint density at radius 1 is 0.897 bits per heavy atom. The highest BCUT2D eigenvalue weighted by Crippen LogP contribution is 2.28. The Hall–Kier alpha value is -3.55. The summed E-state index contributed by atoms with van der Waals surface area (Å²) in [7, 11) is 4.38. The summed E-state index contributed by atoms with van der Waals surface area (Å²) in [6.45, 7) is -0.399. The summed E-state index contributed by atoms with van der Waals surface area (Å²) in [5.74, 6) is -0.247. The van der Waals surface area contributed by atoms with E-state index in [0.717, 1.165) is 5.56 Å². The molecule has 0 spiro atoms. The van der Waals surface area contributed by atoms with Gasteiger partial charge in [-0.1, -0.05) is 6.07 Å². The molecule has 29 heavy (non-hydrogen) atoms. The van der Waals surface area contributed by atoms with Gasteiger partial charge >= 0.3 is 11.9 Å². The lowest BCUT2D eigenvalue weighted by atomic mass is 10.1. The van der Waals surface area contributed by atoms with Crippen LogP contribution in [0, 0.1) is 0 Å². The van der Waals surface area contributed by atoms with E-state index in [1.807, 2.05) is 6.07 Å². The number of benzene rings is 2. The van der Waals surface area contributed by atoms with Gasteiger partial charge in [-0.3, -0.25) is 9.59 Å². The molecule has 0 unspecified atom stereocenters. The number of esters is 2. The fraction of sp³-hybridized carbons (Fsp3) is 0.286. The number of methoxy groups -OCH3 is 3. The van der Waals surface area contributed by atoms with Gasteiger partial charge in [0, 0.05) is 12.1 Å². The first-order valence-electron chi connectivity index (χ1n) is 8.81. The summed E-state index contributed by atoms with van der Waals surface area (Å²) in [6.07, 6.45) is 0.562. The predicted molar refractivity (Wildman–Crippen MR) is 105 cm³/mol. The Morgan fingerprint density at radius 3 is 2.21 bits per heavy atom. The fourth-order valence-electron chi connectivity index (χ4n) is 2.51. The van der Waals surface area contributed by atoms with Gasteiger partial charge in [0.15, 0.2) is 18.1 Å². The molecule has 0 saturated heterocycles. The van der Waals surface area contributed by atoms with Crippen LogP contribution in [0.3, 0.4) is 0 Å². The number of ether oxygens (including phenoxy) is 4. The van der Waals surface area contributed by atoms with Gasteiger partial charge in [-0.2, -0.15) is 0 Å². The molecule has 0 aliphatic heterocycles. The van der Waals surface area contributed by atoms with Crippen LogP contribution in [0.1, 0.15) is 22.3 Å². The van der Waals surface area contributed by atoms with E-state index < -0.39 is 24.5 Å². The summed E-state index contributed by atoms with van der Waals surface area (Å²) in [5, 5.41) is 2.58. The molecule has 2 aromatic carbocycles. The molecule has 1 N–H and O–H groups in total. The number of carbonyl (C=O) groups excluding carboxylic acids is 3. The van der Waals surface area contributed by atoms with Gasteiger partial charge in [-0.15, -0.1) is 0 Å². The third-order valence-corrected chi connectivity index (χ3v) is 4.02. The fourth-order valence-corrected chi connectivity index (χ4v) is 2.51. The third kappa shape index (κ3) is 6.53. The van der Waals surface area contributed by atoms with Crippen molar-refractivity contribution in [3.8, 4) is 11.5 Å². The second kappa shape index (κ2) is 10.7. The van der Waals surface area contributed by atoms with Crippen molar-refractivity contribution in [3.63, 3.8) is 0 Å². The van der Waals surface area contributed by atoms with Crippen LogP contribution in [0.2, 0.25) is 0 Å². The number of anilines is 1. The zero-order valence-electron chi connectivity index (χ0n) is 16.5. The number of rotatable bonds is 9. The summed E-state index contributed by atoms with van der Waals surface area (Å²) in [4.78, 5) is 35.2. The van der Waals surface area contributed by atoms with Crippen molar-refractivity contribution in [2.45, 2.75) is 12.8 Å². The Bertz CT molecular complexity index is 862. The molecule has 8 nitrogen and oxygen atoms in total. The highest BCUT2D eigenvalue weighted by molar-refractivity contribution is 5.94. The van der Waals surface area contributed by atoms with Crippen LogP contribution < -0.4 is 14.8 Å². The first-order chi connectivity index (χ1) is 14.0. The average Bonchev–Trinajstić information content (AvgIpc) is 2.75. The molecular formula is C21H23NO7. The van der Waals surface area contributed by atoms with E-state index in [4.69, 9.17) is 14.2 Å². The molecule has 1 amide bonds. The minimum atomic E-state index is -0.490. The number of amides is 1. The molecule has 2 rings (SSSR count). The van der Waals surface area contributed by atoms with Gasteiger partial charge < -0.3 is 24.3 Å². The molecule has 0 saturated carbocycles. The summed E-state index contributed by atoms with van der Waals surface area (Å²) < 4.78 is 20.0. The van der Waals surface area contributed by atoms with Crippen LogP contribution in [0.4, 0.5) is 5.69 Å². The van der Waals surface area contributed by atoms with Crippen molar-refractivity contribution in [3.05, 3.63) is 53.6 Å². The third-order valence-electron chi connectivity index (χ3n) is 4.02. The molecule has 0 radical (unpaired) electrons. The topological polar surface area (TPSA) is 100 Å². The summed E-state index contributed by atoms with van der Waals surface area (Å²) in [5.41, 5.74) is 1.73. The zero-order valence-corrected chi connectivity index (χ0v) is 16.5. The van der Waals surface area contributed by atoms with Gasteiger partial charge in [0.25, 0.3) is 5.91 Å². The molecule has 0 aromatic heterocycles. The maximum Gasteiger partial charge on any atom is 0.337 e. The van der Waals surface area contributed by atoms with E-state index in [-0.39, 0.29) is 6.42 Å². The van der Waals surface area contributed by atoms with E-state index in [1.165, 1.54) is 26.4 Å². The lowest BCUT2D eigenvalue weighted by Crippen LogP contribution is -2.21. The van der Waals surface area contributed by atoms with Gasteiger partial charge in [-0.05, 0) is 48.4 Å². The van der Waals surface area contributed by atoms with Crippen LogP contribution in [0.25, 0.3) is 0 Å². The summed E-state index contributed by atoms with van der Waals surface area (Å²) in [6, 6.07) is 11.5. The largest absolute Gasteiger partial charge is 0.493 e. The smallest absolute Gasteiger partial charge is 0.337 e. The molecule has 0 atom stereocenters. The number of aryl methyl sites for hydroxylation is 1. The SMILES string of the molecule is COC(=O)c1ccc(NC(=O)COC(=O)CCc2ccc(OC)c(OC)c2)cc1. The van der Waals surface area contributed by atoms with Gasteiger partial charge in [-0.25, -0.2) is 4.79 Å². The van der Waals surface area contributed by atoms with Crippen LogP contribution in [-0.2, 0) is 25.5 Å². The van der Waals surface area contributed by atoms with E-state index in [0.29, 0.717) is 29.2 Å². The molecule has 0 aliphatic carbocycles. The predicted octanol–water partition coefficient (Wildman–Crippen LogP) is 2.60. The van der Waals surface area contributed by atoms with E-state index in [1.54, 1.807) is 31.4 Å². The second-order valence-corrected chi connectivity index (χ2v) is 5.97. The number of hydrogen-bond acceptors (Lipinski definition) is 7. The first-order valence-corrected chi connectivity index (χ1v) is 8.81. The molecule has 0 bridgehead atoms. The number of nitrogens with one attached hydrogen (secondary N) is 1. The van der Waals surface area contributed by atoms with Crippen LogP contribution in [0.5, 0.6) is 11.5 Å². The average molecular weight is 401 g/mol. The second-order valence-electron chi connectivity index (χ2n) is 5.97.